The van der Waals surface area contributed by atoms with Crippen LogP contribution in [0.4, 0.5) is 19.0 Å². The van der Waals surface area contributed by atoms with Gasteiger partial charge >= 0.3 is 6.18 Å². The molecule has 1 N–H and O–H groups in total. The maximum absolute atomic E-state index is 12.5. The molecule has 0 aliphatic heterocycles. The van der Waals surface area contributed by atoms with Gasteiger partial charge in [0.15, 0.2) is 0 Å². The van der Waals surface area contributed by atoms with Crippen LogP contribution in [0.3, 0.4) is 0 Å². The minimum absolute atomic E-state index is 0.241. The molecule has 0 saturated heterocycles. The molecule has 0 spiro atoms. The molecule has 23 heavy (non-hydrogen) atoms. The predicted molar refractivity (Wildman–Crippen MR) is 76.5 cm³/mol. The second-order valence-electron chi connectivity index (χ2n) is 5.45. The molecule has 0 aromatic carbocycles. The first-order valence-corrected chi connectivity index (χ1v) is 7.21. The van der Waals surface area contributed by atoms with Crippen molar-refractivity contribution >= 4 is 5.82 Å². The van der Waals surface area contributed by atoms with Gasteiger partial charge in [0.1, 0.15) is 18.4 Å². The van der Waals surface area contributed by atoms with Gasteiger partial charge in [-0.3, -0.25) is 4.68 Å². The number of pyridine rings is 1. The van der Waals surface area contributed by atoms with Crippen molar-refractivity contribution in [3.05, 3.63) is 41.3 Å². The van der Waals surface area contributed by atoms with Crippen molar-refractivity contribution in [3.8, 4) is 6.07 Å². The topological polar surface area (TPSA) is 66.5 Å². The van der Waals surface area contributed by atoms with E-state index in [9.17, 15) is 13.2 Å². The van der Waals surface area contributed by atoms with Crippen LogP contribution in [0.1, 0.15) is 35.7 Å². The van der Waals surface area contributed by atoms with Gasteiger partial charge in [0.05, 0.1) is 17.3 Å². The second kappa shape index (κ2) is 5.91. The number of rotatable bonds is 3. The number of hydrogen-bond donors (Lipinski definition) is 1. The summed E-state index contributed by atoms with van der Waals surface area (Å²) in [4.78, 5) is 4.13. The number of nitrogens with one attached hydrogen (secondary N) is 1. The number of aromatic nitrogens is 3. The SMILES string of the molecule is N#Cc1cccnc1N[C@@H]1CCCc2cn(CC(F)(F)F)nc21. The molecule has 0 radical (unpaired) electrons. The Labute approximate surface area is 130 Å². The monoisotopic (exact) mass is 321 g/mol. The van der Waals surface area contributed by atoms with Crippen LogP contribution in [0, 0.1) is 11.3 Å². The molecule has 8 heteroatoms. The van der Waals surface area contributed by atoms with Gasteiger partial charge < -0.3 is 5.32 Å². The Bertz CT molecular complexity index is 744. The van der Waals surface area contributed by atoms with Crippen molar-refractivity contribution in [1.82, 2.24) is 14.8 Å². The van der Waals surface area contributed by atoms with Gasteiger partial charge in [-0.2, -0.15) is 23.5 Å². The molecular weight excluding hydrogens is 307 g/mol. The lowest BCUT2D eigenvalue weighted by molar-refractivity contribution is -0.142. The van der Waals surface area contributed by atoms with E-state index in [0.29, 0.717) is 23.5 Å². The van der Waals surface area contributed by atoms with Crippen molar-refractivity contribution in [1.29, 1.82) is 5.26 Å². The fourth-order valence-corrected chi connectivity index (χ4v) is 2.78. The molecule has 0 amide bonds. The Morgan fingerprint density at radius 1 is 1.43 bits per heavy atom. The zero-order valence-electron chi connectivity index (χ0n) is 12.1. The molecule has 0 fully saturated rings. The molecule has 0 saturated carbocycles. The fraction of sp³-hybridized carbons (Fsp3) is 0.400. The van der Waals surface area contributed by atoms with Gasteiger partial charge in [-0.25, -0.2) is 4.98 Å². The van der Waals surface area contributed by atoms with E-state index in [-0.39, 0.29) is 6.04 Å². The maximum atomic E-state index is 12.5. The van der Waals surface area contributed by atoms with Gasteiger partial charge in [0, 0.05) is 12.4 Å². The van der Waals surface area contributed by atoms with Gasteiger partial charge in [0.2, 0.25) is 0 Å². The Hall–Kier alpha value is -2.56. The van der Waals surface area contributed by atoms with E-state index in [1.165, 1.54) is 6.20 Å². The summed E-state index contributed by atoms with van der Waals surface area (Å²) < 4.78 is 38.5. The molecule has 0 bridgehead atoms. The van der Waals surface area contributed by atoms with Crippen LogP contribution < -0.4 is 5.32 Å². The second-order valence-corrected chi connectivity index (χ2v) is 5.45. The molecule has 3 rings (SSSR count). The van der Waals surface area contributed by atoms with E-state index < -0.39 is 12.7 Å². The van der Waals surface area contributed by atoms with Crippen LogP contribution in [0.2, 0.25) is 0 Å². The first kappa shape index (κ1) is 15.3. The normalized spacial score (nSPS) is 17.4. The highest BCUT2D eigenvalue weighted by molar-refractivity contribution is 5.52. The average Bonchev–Trinajstić information content (AvgIpc) is 2.89. The zero-order chi connectivity index (χ0) is 16.4. The Balaban J connectivity index is 1.85. The number of nitriles is 1. The zero-order valence-corrected chi connectivity index (χ0v) is 12.1. The number of aryl methyl sites for hydroxylation is 1. The third-order valence-electron chi connectivity index (χ3n) is 3.72. The highest BCUT2D eigenvalue weighted by Gasteiger charge is 2.31. The van der Waals surface area contributed by atoms with Gasteiger partial charge in [0.25, 0.3) is 0 Å². The van der Waals surface area contributed by atoms with Crippen molar-refractivity contribution in [2.75, 3.05) is 5.32 Å². The first-order chi connectivity index (χ1) is 11.0. The van der Waals surface area contributed by atoms with Crippen LogP contribution in [0.25, 0.3) is 0 Å². The molecule has 1 aliphatic rings. The molecule has 1 aliphatic carbocycles. The third kappa shape index (κ3) is 3.44. The Morgan fingerprint density at radius 3 is 3.00 bits per heavy atom. The summed E-state index contributed by atoms with van der Waals surface area (Å²) in [6.45, 7) is -1.10. The highest BCUT2D eigenvalue weighted by atomic mass is 19.4. The number of hydrogen-bond acceptors (Lipinski definition) is 4. The quantitative estimate of drug-likeness (QED) is 0.943. The number of halogens is 3. The van der Waals surface area contributed by atoms with E-state index >= 15 is 0 Å². The van der Waals surface area contributed by atoms with E-state index in [0.717, 1.165) is 23.1 Å². The lowest BCUT2D eigenvalue weighted by atomic mass is 9.93. The average molecular weight is 321 g/mol. The fourth-order valence-electron chi connectivity index (χ4n) is 2.78. The molecular formula is C15H14F3N5. The van der Waals surface area contributed by atoms with Crippen molar-refractivity contribution in [3.63, 3.8) is 0 Å². The number of anilines is 1. The van der Waals surface area contributed by atoms with E-state index in [1.807, 2.05) is 6.07 Å². The van der Waals surface area contributed by atoms with Crippen LogP contribution in [-0.2, 0) is 13.0 Å². The summed E-state index contributed by atoms with van der Waals surface area (Å²) in [5.41, 5.74) is 1.82. The minimum Gasteiger partial charge on any atom is -0.361 e. The van der Waals surface area contributed by atoms with Crippen LogP contribution in [-0.4, -0.2) is 20.9 Å². The van der Waals surface area contributed by atoms with Crippen LogP contribution in [0.15, 0.2) is 24.5 Å². The van der Waals surface area contributed by atoms with Gasteiger partial charge in [-0.1, -0.05) is 0 Å². The first-order valence-electron chi connectivity index (χ1n) is 7.21. The molecule has 0 unspecified atom stereocenters. The predicted octanol–water partition coefficient (Wildman–Crippen LogP) is 3.20. The largest absolute Gasteiger partial charge is 0.408 e. The summed E-state index contributed by atoms with van der Waals surface area (Å²) in [7, 11) is 0. The van der Waals surface area contributed by atoms with Crippen molar-refractivity contribution in [2.24, 2.45) is 0 Å². The highest BCUT2D eigenvalue weighted by Crippen LogP contribution is 2.32. The summed E-state index contributed by atoms with van der Waals surface area (Å²) in [6.07, 6.45) is 1.01. The molecule has 1 atom stereocenters. The number of fused-ring (bicyclic) bond motifs is 1. The van der Waals surface area contributed by atoms with E-state index in [2.05, 4.69) is 15.4 Å². The minimum atomic E-state index is -4.30. The standard InChI is InChI=1S/C15H14F3N5/c16-15(17,18)9-23-8-11-3-1-5-12(13(11)22-23)21-14-10(7-19)4-2-6-20-14/h2,4,6,8,12H,1,3,5,9H2,(H,20,21)/t12-/m1/s1. The summed E-state index contributed by atoms with van der Waals surface area (Å²) in [5.74, 6) is 0.429. The maximum Gasteiger partial charge on any atom is 0.408 e. The molecule has 120 valence electrons. The van der Waals surface area contributed by atoms with Crippen LogP contribution in [0.5, 0.6) is 0 Å². The number of alkyl halides is 3. The van der Waals surface area contributed by atoms with Crippen LogP contribution >= 0.6 is 0 Å². The van der Waals surface area contributed by atoms with E-state index in [1.54, 1.807) is 18.3 Å². The summed E-state index contributed by atoms with van der Waals surface area (Å²) in [5, 5.41) is 16.3. The Morgan fingerprint density at radius 2 is 2.26 bits per heavy atom. The summed E-state index contributed by atoms with van der Waals surface area (Å²) in [6, 6.07) is 5.11. The van der Waals surface area contributed by atoms with Crippen molar-refractivity contribution < 1.29 is 13.2 Å². The van der Waals surface area contributed by atoms with Gasteiger partial charge in [-0.15, -0.1) is 0 Å². The Kier molecular flexibility index (Phi) is 3.94. The smallest absolute Gasteiger partial charge is 0.361 e. The summed E-state index contributed by atoms with van der Waals surface area (Å²) >= 11 is 0. The van der Waals surface area contributed by atoms with Crippen molar-refractivity contribution in [2.45, 2.75) is 38.0 Å². The molecule has 2 aromatic heterocycles. The van der Waals surface area contributed by atoms with E-state index in [4.69, 9.17) is 5.26 Å². The number of nitrogens with zero attached hydrogens (tertiary/aromatic N) is 4. The third-order valence-corrected chi connectivity index (χ3v) is 3.72. The van der Waals surface area contributed by atoms with Gasteiger partial charge in [-0.05, 0) is 37.0 Å². The lowest BCUT2D eigenvalue weighted by Gasteiger charge is -2.23. The molecule has 2 heterocycles. The molecule has 5 nitrogen and oxygen atoms in total. The molecule has 2 aromatic rings. The lowest BCUT2D eigenvalue weighted by Crippen LogP contribution is -2.20.